The van der Waals surface area contributed by atoms with Gasteiger partial charge in [-0.05, 0) is 74.0 Å². The molecular formula is C31H46O7. The molecule has 1 spiro atoms. The van der Waals surface area contributed by atoms with Gasteiger partial charge in [-0.1, -0.05) is 27.7 Å². The van der Waals surface area contributed by atoms with Crippen LogP contribution >= 0.6 is 0 Å². The average Bonchev–Trinajstić information content (AvgIpc) is 3.29. The number of hydrogen-bond acceptors (Lipinski definition) is 7. The second-order valence-corrected chi connectivity index (χ2v) is 14.3. The molecule has 0 unspecified atom stereocenters. The molecule has 38 heavy (non-hydrogen) atoms. The van der Waals surface area contributed by atoms with Crippen LogP contribution in [0.3, 0.4) is 0 Å². The zero-order valence-corrected chi connectivity index (χ0v) is 24.0. The maximum Gasteiger partial charge on any atom is 0.303 e. The highest BCUT2D eigenvalue weighted by Gasteiger charge is 2.74. The van der Waals surface area contributed by atoms with Gasteiger partial charge < -0.3 is 18.9 Å². The molecule has 212 valence electrons. The maximum absolute atomic E-state index is 14.6. The van der Waals surface area contributed by atoms with Gasteiger partial charge in [-0.15, -0.1) is 0 Å². The van der Waals surface area contributed by atoms with Gasteiger partial charge in [0.1, 0.15) is 6.10 Å². The van der Waals surface area contributed by atoms with Crippen molar-refractivity contribution in [3.63, 3.8) is 0 Å². The molecule has 0 aromatic carbocycles. The van der Waals surface area contributed by atoms with E-state index in [4.69, 9.17) is 18.9 Å². The third-order valence-electron chi connectivity index (χ3n) is 12.3. The number of ketones is 1. The third-order valence-corrected chi connectivity index (χ3v) is 12.3. The Bertz CT molecular complexity index is 1000. The van der Waals surface area contributed by atoms with Crippen molar-refractivity contribution in [1.82, 2.24) is 0 Å². The Kier molecular flexibility index (Phi) is 6.35. The van der Waals surface area contributed by atoms with Crippen LogP contribution in [-0.2, 0) is 33.3 Å². The largest absolute Gasteiger partial charge is 0.463 e. The molecule has 2 saturated heterocycles. The van der Waals surface area contributed by atoms with Gasteiger partial charge in [-0.25, -0.2) is 0 Å². The fourth-order valence-corrected chi connectivity index (χ4v) is 10.7. The molecule has 7 heteroatoms. The molecule has 0 aromatic heterocycles. The van der Waals surface area contributed by atoms with Crippen molar-refractivity contribution in [1.29, 1.82) is 0 Å². The fourth-order valence-electron chi connectivity index (χ4n) is 10.7. The molecule has 0 bridgehead atoms. The summed E-state index contributed by atoms with van der Waals surface area (Å²) < 4.78 is 25.0. The summed E-state index contributed by atoms with van der Waals surface area (Å²) in [4.78, 5) is 38.8. The van der Waals surface area contributed by atoms with E-state index in [0.717, 1.165) is 51.4 Å². The molecule has 6 aliphatic rings. The number of rotatable bonds is 2. The van der Waals surface area contributed by atoms with E-state index >= 15 is 0 Å². The van der Waals surface area contributed by atoms with Crippen molar-refractivity contribution in [2.75, 3.05) is 6.61 Å². The highest BCUT2D eigenvalue weighted by atomic mass is 16.7. The summed E-state index contributed by atoms with van der Waals surface area (Å²) in [5.74, 6) is 0.386. The van der Waals surface area contributed by atoms with Gasteiger partial charge in [-0.3, -0.25) is 14.4 Å². The summed E-state index contributed by atoms with van der Waals surface area (Å²) >= 11 is 0. The number of hydrogen-bond donors (Lipinski definition) is 0. The van der Waals surface area contributed by atoms with E-state index in [1.165, 1.54) is 13.8 Å². The van der Waals surface area contributed by atoms with Crippen LogP contribution in [0.4, 0.5) is 0 Å². The lowest BCUT2D eigenvalue weighted by Crippen LogP contribution is -2.65. The van der Waals surface area contributed by atoms with Gasteiger partial charge >= 0.3 is 11.9 Å². The van der Waals surface area contributed by atoms with E-state index in [-0.39, 0.29) is 64.9 Å². The second-order valence-electron chi connectivity index (χ2n) is 14.3. The number of fused-ring (bicyclic) bond motifs is 7. The summed E-state index contributed by atoms with van der Waals surface area (Å²) in [6.07, 6.45) is 6.54. The van der Waals surface area contributed by atoms with Gasteiger partial charge in [-0.2, -0.15) is 0 Å². The lowest BCUT2D eigenvalue weighted by atomic mass is 9.43. The Balaban J connectivity index is 1.34. The molecule has 6 fully saturated rings. The second kappa shape index (κ2) is 9.02. The molecule has 4 aliphatic carbocycles. The van der Waals surface area contributed by atoms with Gasteiger partial charge in [0.15, 0.2) is 17.7 Å². The quantitative estimate of drug-likeness (QED) is 0.460. The summed E-state index contributed by atoms with van der Waals surface area (Å²) in [5, 5.41) is 0. The molecule has 7 nitrogen and oxygen atoms in total. The Morgan fingerprint density at radius 1 is 0.947 bits per heavy atom. The molecular weight excluding hydrogens is 484 g/mol. The van der Waals surface area contributed by atoms with Gasteiger partial charge in [0, 0.05) is 43.4 Å². The van der Waals surface area contributed by atoms with Crippen LogP contribution in [0, 0.1) is 52.3 Å². The summed E-state index contributed by atoms with van der Waals surface area (Å²) in [5.41, 5.74) is -0.646. The first-order valence-electron chi connectivity index (χ1n) is 15.1. The van der Waals surface area contributed by atoms with E-state index < -0.39 is 17.3 Å². The SMILES string of the molecule is CC(=O)O[C@H]1CC[C@@]2(C)[C@@H](CC[C@@H]3[C@@H]2C(=O)[C@@H](OC(C)=O)[C@]2(C)[C@@H]4[C@H](C[C@@H]32)O[C@@]2(CC[C@H](C)CO2)[C@@H]4C)C1. The number of Topliss-reactive ketones (excluding diaryl/α,β-unsaturated/α-hetero) is 1. The maximum atomic E-state index is 14.6. The molecule has 2 heterocycles. The third kappa shape index (κ3) is 3.69. The van der Waals surface area contributed by atoms with Crippen LogP contribution in [0.15, 0.2) is 0 Å². The van der Waals surface area contributed by atoms with E-state index in [1.54, 1.807) is 0 Å². The first-order chi connectivity index (χ1) is 17.9. The molecule has 4 saturated carbocycles. The molecule has 6 rings (SSSR count). The van der Waals surface area contributed by atoms with Crippen LogP contribution in [0.25, 0.3) is 0 Å². The number of carbonyl (C=O) groups excluding carboxylic acids is 3. The predicted octanol–water partition coefficient (Wildman–Crippen LogP) is 5.09. The monoisotopic (exact) mass is 530 g/mol. The van der Waals surface area contributed by atoms with E-state index in [9.17, 15) is 14.4 Å². The van der Waals surface area contributed by atoms with Gasteiger partial charge in [0.25, 0.3) is 0 Å². The van der Waals surface area contributed by atoms with Crippen LogP contribution in [0.5, 0.6) is 0 Å². The highest BCUT2D eigenvalue weighted by molar-refractivity contribution is 5.90. The van der Waals surface area contributed by atoms with Crippen molar-refractivity contribution >= 4 is 17.7 Å². The van der Waals surface area contributed by atoms with Gasteiger partial charge in [0.2, 0.25) is 0 Å². The fraction of sp³-hybridized carbons (Fsp3) is 0.903. The van der Waals surface area contributed by atoms with E-state index in [2.05, 4.69) is 27.7 Å². The highest BCUT2D eigenvalue weighted by Crippen LogP contribution is 2.71. The minimum atomic E-state index is -0.758. The van der Waals surface area contributed by atoms with Crippen molar-refractivity contribution < 1.29 is 33.3 Å². The summed E-state index contributed by atoms with van der Waals surface area (Å²) in [6.45, 7) is 12.6. The normalized spacial score (nSPS) is 53.5. The first kappa shape index (κ1) is 26.7. The number of carbonyl (C=O) groups is 3. The molecule has 0 amide bonds. The van der Waals surface area contributed by atoms with Crippen molar-refractivity contribution in [3.8, 4) is 0 Å². The lowest BCUT2D eigenvalue weighted by Gasteiger charge is -2.61. The minimum absolute atomic E-state index is 0.0169. The molecule has 0 N–H and O–H groups in total. The number of ether oxygens (including phenoxy) is 4. The summed E-state index contributed by atoms with van der Waals surface area (Å²) in [7, 11) is 0. The topological polar surface area (TPSA) is 88.1 Å². The predicted molar refractivity (Wildman–Crippen MR) is 139 cm³/mol. The Morgan fingerprint density at radius 2 is 1.68 bits per heavy atom. The van der Waals surface area contributed by atoms with Crippen LogP contribution in [-0.4, -0.2) is 48.4 Å². The molecule has 0 radical (unpaired) electrons. The zero-order valence-electron chi connectivity index (χ0n) is 24.0. The van der Waals surface area contributed by atoms with Crippen LogP contribution in [0.1, 0.15) is 92.9 Å². The Morgan fingerprint density at radius 3 is 2.34 bits per heavy atom. The first-order valence-corrected chi connectivity index (χ1v) is 15.1. The molecule has 0 aromatic rings. The van der Waals surface area contributed by atoms with Crippen molar-refractivity contribution in [2.45, 2.75) is 117 Å². The standard InChI is InChI=1S/C31H46O7/c1-16-9-12-31(35-15-16)17(2)25-24(38-31)14-23-22-8-7-20-13-21(36-18(3)32)10-11-29(20,5)26(22)27(34)28(30(23,25)6)37-19(4)33/h16-17,20-26,28H,7-15H2,1-6H3/t16-,17+,20-,21-,22-,23-,24-,25-,26+,28+,29-,30-,31-/m0/s1. The van der Waals surface area contributed by atoms with E-state index in [0.29, 0.717) is 18.4 Å². The molecule has 2 aliphatic heterocycles. The number of esters is 2. The Hall–Kier alpha value is -1.47. The summed E-state index contributed by atoms with van der Waals surface area (Å²) in [6, 6.07) is 0. The zero-order chi connectivity index (χ0) is 27.2. The van der Waals surface area contributed by atoms with Crippen molar-refractivity contribution in [2.24, 2.45) is 52.3 Å². The average molecular weight is 531 g/mol. The van der Waals surface area contributed by atoms with E-state index in [1.807, 2.05) is 0 Å². The van der Waals surface area contributed by atoms with Crippen LogP contribution in [0.2, 0.25) is 0 Å². The van der Waals surface area contributed by atoms with Crippen LogP contribution < -0.4 is 0 Å². The smallest absolute Gasteiger partial charge is 0.303 e. The Labute approximate surface area is 227 Å². The minimum Gasteiger partial charge on any atom is -0.463 e. The lowest BCUT2D eigenvalue weighted by molar-refractivity contribution is -0.273. The van der Waals surface area contributed by atoms with Crippen molar-refractivity contribution in [3.05, 3.63) is 0 Å². The molecule has 13 atom stereocenters. The van der Waals surface area contributed by atoms with Gasteiger partial charge in [0.05, 0.1) is 12.7 Å².